The lowest BCUT2D eigenvalue weighted by Gasteiger charge is -2.06. The number of aliphatic hydroxyl groups is 1. The molecule has 9 nitrogen and oxygen atoms in total. The lowest BCUT2D eigenvalue weighted by molar-refractivity contribution is 0.0697. The first-order valence-electron chi connectivity index (χ1n) is 10.7. The van der Waals surface area contributed by atoms with Crippen molar-refractivity contribution in [2.24, 2.45) is 10.4 Å². The van der Waals surface area contributed by atoms with Gasteiger partial charge in [0.1, 0.15) is 22.8 Å². The summed E-state index contributed by atoms with van der Waals surface area (Å²) in [6, 6.07) is 17.6. The molecule has 3 aromatic carbocycles. The van der Waals surface area contributed by atoms with Crippen LogP contribution < -0.4 is 0 Å². The number of fused-ring (bicyclic) bond motifs is 2. The van der Waals surface area contributed by atoms with Crippen molar-refractivity contribution in [2.75, 3.05) is 0 Å². The van der Waals surface area contributed by atoms with E-state index in [1.165, 1.54) is 18.2 Å². The summed E-state index contributed by atoms with van der Waals surface area (Å²) in [5, 5.41) is 26.6. The van der Waals surface area contributed by atoms with Gasteiger partial charge < -0.3 is 10.2 Å². The molecule has 0 amide bonds. The molecule has 1 aliphatic rings. The summed E-state index contributed by atoms with van der Waals surface area (Å²) >= 11 is 0. The van der Waals surface area contributed by atoms with Gasteiger partial charge in [-0.15, -0.1) is 9.81 Å². The smallest absolute Gasteiger partial charge is 0.338 e. The van der Waals surface area contributed by atoms with E-state index >= 15 is 0 Å². The van der Waals surface area contributed by atoms with Gasteiger partial charge in [-0.05, 0) is 57.9 Å². The summed E-state index contributed by atoms with van der Waals surface area (Å²) in [5.74, 6) is -2.06. The molecule has 0 radical (unpaired) electrons. The number of pyridine rings is 1. The number of ketones is 1. The van der Waals surface area contributed by atoms with E-state index in [2.05, 4.69) is 15.3 Å². The van der Waals surface area contributed by atoms with E-state index in [-0.39, 0.29) is 45.1 Å². The third kappa shape index (κ3) is 3.74. The van der Waals surface area contributed by atoms with Crippen molar-refractivity contribution in [1.82, 2.24) is 4.98 Å². The Morgan fingerprint density at radius 3 is 2.25 bits per heavy atom. The third-order valence-corrected chi connectivity index (χ3v) is 5.86. The molecular weight excluding hydrogens is 462 g/mol. The average molecular weight is 477 g/mol. The second kappa shape index (κ2) is 8.80. The summed E-state index contributed by atoms with van der Waals surface area (Å²) in [7, 11) is 0. The number of rotatable bonds is 6. The summed E-state index contributed by atoms with van der Waals surface area (Å²) in [6.45, 7) is 0. The number of carboxylic acid groups (broad SMARTS) is 1. The SMILES string of the molecule is O=Nc1ccc(/C=C/c2ccc3c(c2)C(O)=C(c2nc4ccccc4cc2N=O)C3=O)cc1C(=O)O. The average Bonchev–Trinajstić information content (AvgIpc) is 3.15. The number of nitroso groups, excluding NO2 is 2. The Morgan fingerprint density at radius 1 is 0.833 bits per heavy atom. The second-order valence-corrected chi connectivity index (χ2v) is 8.00. The zero-order valence-corrected chi connectivity index (χ0v) is 18.4. The number of carboxylic acids is 1. The highest BCUT2D eigenvalue weighted by Crippen LogP contribution is 2.40. The molecule has 0 spiro atoms. The summed E-state index contributed by atoms with van der Waals surface area (Å²) in [4.78, 5) is 51.3. The van der Waals surface area contributed by atoms with Gasteiger partial charge in [0.15, 0.2) is 5.78 Å². The van der Waals surface area contributed by atoms with E-state index < -0.39 is 11.8 Å². The van der Waals surface area contributed by atoms with Gasteiger partial charge in [0.25, 0.3) is 0 Å². The summed E-state index contributed by atoms with van der Waals surface area (Å²) in [5.41, 5.74) is 1.64. The molecule has 1 aromatic heterocycles. The molecule has 4 aromatic rings. The molecule has 1 heterocycles. The van der Waals surface area contributed by atoms with E-state index in [1.54, 1.807) is 60.7 Å². The Morgan fingerprint density at radius 2 is 1.53 bits per heavy atom. The molecule has 2 N–H and O–H groups in total. The van der Waals surface area contributed by atoms with E-state index in [4.69, 9.17) is 0 Å². The van der Waals surface area contributed by atoms with Gasteiger partial charge in [0.05, 0.1) is 16.7 Å². The quantitative estimate of drug-likeness (QED) is 0.237. The number of nitrogens with zero attached hydrogens (tertiary/aromatic N) is 3. The molecule has 0 unspecified atom stereocenters. The van der Waals surface area contributed by atoms with E-state index in [0.29, 0.717) is 22.0 Å². The Kier molecular flexibility index (Phi) is 5.50. The molecule has 0 atom stereocenters. The normalized spacial score (nSPS) is 12.8. The number of benzene rings is 3. The lowest BCUT2D eigenvalue weighted by atomic mass is 10.0. The minimum Gasteiger partial charge on any atom is -0.506 e. The minimum atomic E-state index is -1.27. The molecular formula is C27H15N3O6. The Hall–Kier alpha value is -5.31. The van der Waals surface area contributed by atoms with Crippen LogP contribution in [0.1, 0.15) is 43.1 Å². The summed E-state index contributed by atoms with van der Waals surface area (Å²) < 4.78 is 0. The highest BCUT2D eigenvalue weighted by atomic mass is 16.4. The standard InChI is InChI=1S/C27H15N3O6/c31-25-17-9-7-14(5-6-15-8-10-21(29-35)19(12-15)27(33)34)11-18(17)26(32)23(25)24-22(30-36)13-16-3-1-2-4-20(16)28-24/h1-13,32H,(H,33,34)/b6-5+. The number of para-hydroxylation sites is 1. The minimum absolute atomic E-state index is 0.00423. The van der Waals surface area contributed by atoms with Crippen molar-refractivity contribution in [3.05, 3.63) is 110 Å². The van der Waals surface area contributed by atoms with Crippen molar-refractivity contribution < 1.29 is 19.8 Å². The molecule has 174 valence electrons. The van der Waals surface area contributed by atoms with Gasteiger partial charge in [-0.25, -0.2) is 9.78 Å². The van der Waals surface area contributed by atoms with Crippen LogP contribution in [-0.4, -0.2) is 26.9 Å². The fourth-order valence-electron chi connectivity index (χ4n) is 4.12. The van der Waals surface area contributed by atoms with Crippen LogP contribution in [0.3, 0.4) is 0 Å². The third-order valence-electron chi connectivity index (χ3n) is 5.86. The van der Waals surface area contributed by atoms with Gasteiger partial charge in [-0.1, -0.05) is 42.5 Å². The number of hydrogen-bond donors (Lipinski definition) is 2. The predicted molar refractivity (Wildman–Crippen MR) is 135 cm³/mol. The number of Topliss-reactive ketones (excluding diaryl/α,β-unsaturated/α-hetero) is 1. The van der Waals surface area contributed by atoms with Crippen LogP contribution in [-0.2, 0) is 0 Å². The predicted octanol–water partition coefficient (Wildman–Crippen LogP) is 6.52. The van der Waals surface area contributed by atoms with E-state index in [0.717, 1.165) is 0 Å². The largest absolute Gasteiger partial charge is 0.506 e. The lowest BCUT2D eigenvalue weighted by Crippen LogP contribution is -2.01. The molecule has 0 aliphatic heterocycles. The molecule has 9 heteroatoms. The Bertz CT molecular complexity index is 1690. The highest BCUT2D eigenvalue weighted by Gasteiger charge is 2.33. The molecule has 36 heavy (non-hydrogen) atoms. The van der Waals surface area contributed by atoms with Crippen LogP contribution >= 0.6 is 0 Å². The maximum absolute atomic E-state index is 13.2. The first-order chi connectivity index (χ1) is 17.4. The van der Waals surface area contributed by atoms with Crippen LogP contribution in [0.2, 0.25) is 0 Å². The van der Waals surface area contributed by atoms with Crippen molar-refractivity contribution >= 4 is 57.5 Å². The first-order valence-corrected chi connectivity index (χ1v) is 10.7. The van der Waals surface area contributed by atoms with Crippen LogP contribution in [0.25, 0.3) is 34.4 Å². The Balaban J connectivity index is 1.54. The van der Waals surface area contributed by atoms with Crippen LogP contribution in [0.5, 0.6) is 0 Å². The van der Waals surface area contributed by atoms with Gasteiger partial charge in [0.2, 0.25) is 0 Å². The van der Waals surface area contributed by atoms with Crippen molar-refractivity contribution in [3.63, 3.8) is 0 Å². The number of carbonyl (C=O) groups is 2. The number of allylic oxidation sites excluding steroid dienone is 1. The van der Waals surface area contributed by atoms with Gasteiger partial charge in [-0.2, -0.15) is 0 Å². The first kappa shape index (κ1) is 22.5. The number of aromatic nitrogens is 1. The number of aliphatic hydroxyl groups excluding tert-OH is 1. The number of hydrogen-bond acceptors (Lipinski definition) is 8. The molecule has 5 rings (SSSR count). The second-order valence-electron chi connectivity index (χ2n) is 8.00. The Labute approximate surface area is 203 Å². The van der Waals surface area contributed by atoms with Crippen molar-refractivity contribution in [2.45, 2.75) is 0 Å². The maximum Gasteiger partial charge on any atom is 0.338 e. The van der Waals surface area contributed by atoms with Crippen LogP contribution in [0.15, 0.2) is 77.1 Å². The molecule has 0 bridgehead atoms. The van der Waals surface area contributed by atoms with Gasteiger partial charge in [-0.3, -0.25) is 4.79 Å². The fraction of sp³-hybridized carbons (Fsp3) is 0. The monoisotopic (exact) mass is 477 g/mol. The van der Waals surface area contributed by atoms with Gasteiger partial charge >= 0.3 is 5.97 Å². The summed E-state index contributed by atoms with van der Waals surface area (Å²) in [6.07, 6.45) is 3.29. The fourth-order valence-corrected chi connectivity index (χ4v) is 4.12. The number of aromatic carboxylic acids is 1. The molecule has 0 fully saturated rings. The molecule has 0 saturated heterocycles. The van der Waals surface area contributed by atoms with E-state index in [9.17, 15) is 29.6 Å². The maximum atomic E-state index is 13.2. The molecule has 0 saturated carbocycles. The zero-order valence-electron chi connectivity index (χ0n) is 18.4. The molecule has 1 aliphatic carbocycles. The zero-order chi connectivity index (χ0) is 25.4. The van der Waals surface area contributed by atoms with Crippen LogP contribution in [0.4, 0.5) is 11.4 Å². The van der Waals surface area contributed by atoms with Crippen molar-refractivity contribution in [1.29, 1.82) is 0 Å². The van der Waals surface area contributed by atoms with Gasteiger partial charge in [0, 0.05) is 16.5 Å². The van der Waals surface area contributed by atoms with Crippen LogP contribution in [0, 0.1) is 9.81 Å². The highest BCUT2D eigenvalue weighted by molar-refractivity contribution is 6.39. The number of carbonyl (C=O) groups excluding carboxylic acids is 1. The topological polar surface area (TPSA) is 146 Å². The van der Waals surface area contributed by atoms with Crippen molar-refractivity contribution in [3.8, 4) is 0 Å². The van der Waals surface area contributed by atoms with E-state index in [1.807, 2.05) is 0 Å².